The number of aliphatic imine (C=N–C) groups is 1. The number of carbonyl (C=O) groups is 1. The van der Waals surface area contributed by atoms with E-state index < -0.39 is 0 Å². The van der Waals surface area contributed by atoms with Crippen LogP contribution in [0.2, 0.25) is 0 Å². The lowest BCUT2D eigenvalue weighted by Gasteiger charge is -2.04. The summed E-state index contributed by atoms with van der Waals surface area (Å²) in [5.74, 6) is 0.0884. The number of benzene rings is 1. The Morgan fingerprint density at radius 3 is 2.09 bits per heavy atom. The average Bonchev–Trinajstić information content (AvgIpc) is 2.58. The van der Waals surface area contributed by atoms with Crippen LogP contribution in [0.4, 0.5) is 5.69 Å². The molecule has 5 nitrogen and oxygen atoms in total. The number of nitrogens with two attached hydrogens (primary N) is 2. The highest BCUT2D eigenvalue weighted by atomic mass is 16.5. The van der Waals surface area contributed by atoms with Crippen molar-refractivity contribution in [1.82, 2.24) is 0 Å². The molecular weight excluding hydrogens is 278 g/mol. The normalized spacial score (nSPS) is 10.5. The Hall–Kier alpha value is -2.40. The summed E-state index contributed by atoms with van der Waals surface area (Å²) in [5.41, 5.74) is 10.9. The van der Waals surface area contributed by atoms with E-state index in [0.717, 1.165) is 0 Å². The molecule has 1 rings (SSSR count). The van der Waals surface area contributed by atoms with Crippen molar-refractivity contribution in [3.05, 3.63) is 48.1 Å². The fraction of sp³-hybridized carbons (Fsp3) is 0.294. The highest BCUT2D eigenvalue weighted by Crippen LogP contribution is 2.18. The minimum Gasteiger partial charge on any atom is -0.423 e. The van der Waals surface area contributed by atoms with E-state index in [4.69, 9.17) is 10.5 Å². The summed E-state index contributed by atoms with van der Waals surface area (Å²) < 4.78 is 5.21. The van der Waals surface area contributed by atoms with Gasteiger partial charge in [0.2, 0.25) is 0 Å². The monoisotopic (exact) mass is 305 g/mol. The summed E-state index contributed by atoms with van der Waals surface area (Å²) in [7, 11) is 1.50. The number of carbonyl (C=O) groups excluding carboxylic acids is 1. The molecule has 4 N–H and O–H groups in total. The van der Waals surface area contributed by atoms with Crippen molar-refractivity contribution in [2.45, 2.75) is 27.7 Å². The smallest absolute Gasteiger partial charge is 0.343 e. The Morgan fingerprint density at radius 1 is 1.14 bits per heavy atom. The average molecular weight is 305 g/mol. The summed E-state index contributed by atoms with van der Waals surface area (Å²) in [4.78, 5) is 15.7. The zero-order chi connectivity index (χ0) is 17.4. The maximum atomic E-state index is 11.8. The molecule has 0 amide bonds. The largest absolute Gasteiger partial charge is 0.423 e. The number of nitrogens with zero attached hydrogens (tertiary/aromatic N) is 1. The summed E-state index contributed by atoms with van der Waals surface area (Å²) >= 11 is 0. The second-order valence-corrected chi connectivity index (χ2v) is 3.41. The molecule has 0 aliphatic carbocycles. The van der Waals surface area contributed by atoms with E-state index in [0.29, 0.717) is 17.0 Å². The zero-order valence-corrected chi connectivity index (χ0v) is 14.0. The van der Waals surface area contributed by atoms with Gasteiger partial charge in [0.15, 0.2) is 0 Å². The van der Waals surface area contributed by atoms with Crippen LogP contribution in [0.25, 0.3) is 0 Å². The Kier molecular flexibility index (Phi) is 14.9. The fourth-order valence-corrected chi connectivity index (χ4v) is 1.31. The lowest BCUT2D eigenvalue weighted by molar-refractivity contribution is -0.129. The van der Waals surface area contributed by atoms with Crippen LogP contribution in [0.1, 0.15) is 27.7 Å². The first-order valence-electron chi connectivity index (χ1n) is 7.14. The van der Waals surface area contributed by atoms with Gasteiger partial charge in [-0.05, 0) is 45.2 Å². The third-order valence-electron chi connectivity index (χ3n) is 2.16. The summed E-state index contributed by atoms with van der Waals surface area (Å²) in [6, 6.07) is 6.78. The Balaban J connectivity index is 0. The van der Waals surface area contributed by atoms with Crippen molar-refractivity contribution < 1.29 is 9.53 Å². The van der Waals surface area contributed by atoms with Crippen molar-refractivity contribution in [3.8, 4) is 5.75 Å². The topological polar surface area (TPSA) is 90.7 Å². The molecule has 1 aromatic rings. The minimum atomic E-state index is -0.384. The van der Waals surface area contributed by atoms with Gasteiger partial charge in [0.05, 0.1) is 17.6 Å². The maximum absolute atomic E-state index is 11.8. The molecule has 0 saturated heterocycles. The predicted octanol–water partition coefficient (Wildman–Crippen LogP) is 3.33. The minimum absolute atomic E-state index is 0.384. The van der Waals surface area contributed by atoms with Gasteiger partial charge in [-0.2, -0.15) is 0 Å². The van der Waals surface area contributed by atoms with Gasteiger partial charge in [-0.25, -0.2) is 9.79 Å². The molecule has 0 unspecified atom stereocenters. The van der Waals surface area contributed by atoms with Crippen molar-refractivity contribution in [2.24, 2.45) is 16.5 Å². The van der Waals surface area contributed by atoms with Gasteiger partial charge in [0.25, 0.3) is 0 Å². The number of hydrogen-bond donors (Lipinski definition) is 2. The Bertz CT molecular complexity index is 489. The second-order valence-electron chi connectivity index (χ2n) is 3.41. The highest BCUT2D eigenvalue weighted by Gasteiger charge is 2.07. The molecule has 0 bridgehead atoms. The first-order chi connectivity index (χ1) is 10.7. The van der Waals surface area contributed by atoms with Crippen molar-refractivity contribution in [3.63, 3.8) is 0 Å². The third-order valence-corrected chi connectivity index (χ3v) is 2.16. The summed E-state index contributed by atoms with van der Waals surface area (Å²) in [6.45, 7) is 7.63. The molecule has 22 heavy (non-hydrogen) atoms. The van der Waals surface area contributed by atoms with Crippen molar-refractivity contribution in [2.75, 3.05) is 7.05 Å². The number of ether oxygens (including phenoxy) is 1. The van der Waals surface area contributed by atoms with Crippen LogP contribution >= 0.6 is 0 Å². The maximum Gasteiger partial charge on any atom is 0.343 e. The molecule has 0 radical (unpaired) electrons. The fourth-order valence-electron chi connectivity index (χ4n) is 1.31. The van der Waals surface area contributed by atoms with Gasteiger partial charge in [-0.1, -0.05) is 32.1 Å². The molecule has 0 spiro atoms. The molecule has 0 saturated carbocycles. The van der Waals surface area contributed by atoms with Crippen LogP contribution in [0.5, 0.6) is 5.75 Å². The van der Waals surface area contributed by atoms with E-state index in [-0.39, 0.29) is 5.97 Å². The SMILES string of the molecule is C/C=C\C(=C/C)C(=O)Oc1ccc(N=CN)cc1.CC.CN. The molecule has 0 aromatic heterocycles. The van der Waals surface area contributed by atoms with Crippen LogP contribution in [0, 0.1) is 0 Å². The van der Waals surface area contributed by atoms with E-state index in [1.165, 1.54) is 13.4 Å². The lowest BCUT2D eigenvalue weighted by atomic mass is 10.2. The first-order valence-corrected chi connectivity index (χ1v) is 7.14. The van der Waals surface area contributed by atoms with Gasteiger partial charge in [0.1, 0.15) is 5.75 Å². The third kappa shape index (κ3) is 8.71. The number of rotatable bonds is 4. The van der Waals surface area contributed by atoms with Crippen molar-refractivity contribution >= 4 is 18.0 Å². The van der Waals surface area contributed by atoms with Gasteiger partial charge in [-0.3, -0.25) is 0 Å². The second kappa shape index (κ2) is 15.0. The molecule has 122 valence electrons. The predicted molar refractivity (Wildman–Crippen MR) is 94.4 cm³/mol. The molecule has 0 fully saturated rings. The van der Waals surface area contributed by atoms with Gasteiger partial charge < -0.3 is 16.2 Å². The Morgan fingerprint density at radius 2 is 1.68 bits per heavy atom. The van der Waals surface area contributed by atoms with Crippen molar-refractivity contribution in [1.29, 1.82) is 0 Å². The van der Waals surface area contributed by atoms with E-state index in [9.17, 15) is 4.79 Å². The molecule has 0 aliphatic heterocycles. The quantitative estimate of drug-likeness (QED) is 0.223. The summed E-state index contributed by atoms with van der Waals surface area (Å²) in [5, 5.41) is 0. The number of hydrogen-bond acceptors (Lipinski definition) is 4. The molecular formula is C17H27N3O2. The summed E-state index contributed by atoms with van der Waals surface area (Å²) in [6.07, 6.45) is 6.41. The van der Waals surface area contributed by atoms with Gasteiger partial charge >= 0.3 is 5.97 Å². The van der Waals surface area contributed by atoms with E-state index >= 15 is 0 Å². The molecule has 0 heterocycles. The zero-order valence-electron chi connectivity index (χ0n) is 14.0. The van der Waals surface area contributed by atoms with Crippen LogP contribution in [0.3, 0.4) is 0 Å². The van der Waals surface area contributed by atoms with Gasteiger partial charge in [0, 0.05) is 0 Å². The van der Waals surface area contributed by atoms with Crippen LogP contribution in [0.15, 0.2) is 53.1 Å². The van der Waals surface area contributed by atoms with Crippen LogP contribution in [-0.2, 0) is 4.79 Å². The van der Waals surface area contributed by atoms with E-state index in [2.05, 4.69) is 10.7 Å². The number of esters is 1. The highest BCUT2D eigenvalue weighted by molar-refractivity contribution is 5.93. The van der Waals surface area contributed by atoms with E-state index in [1.807, 2.05) is 20.8 Å². The molecule has 1 aromatic carbocycles. The van der Waals surface area contributed by atoms with Crippen LogP contribution < -0.4 is 16.2 Å². The molecule has 0 aliphatic rings. The van der Waals surface area contributed by atoms with Gasteiger partial charge in [-0.15, -0.1) is 0 Å². The standard InChI is InChI=1S/C14H16N2O2.C2H6.CH5N/c1-3-5-11(4-2)14(17)18-13-8-6-12(7-9-13)16-10-15;2*1-2/h3-10H,1-2H3,(H2,15,16);1-2H3;2H2,1H3/b5-3-,11-4+;;. The Labute approximate surface area is 133 Å². The molecule has 5 heteroatoms. The first kappa shape index (κ1) is 21.9. The number of allylic oxidation sites excluding steroid dienone is 2. The lowest BCUT2D eigenvalue weighted by Crippen LogP contribution is -2.09. The molecule has 0 atom stereocenters. The van der Waals surface area contributed by atoms with E-state index in [1.54, 1.807) is 49.4 Å². The van der Waals surface area contributed by atoms with Crippen LogP contribution in [-0.4, -0.2) is 19.4 Å².